The number of rotatable bonds is 3. The number of nitrogens with two attached hydrogens (primary N) is 1. The Hall–Kier alpha value is -2.62. The van der Waals surface area contributed by atoms with Gasteiger partial charge in [0.2, 0.25) is 0 Å². The lowest BCUT2D eigenvalue weighted by atomic mass is 9.94. The third kappa shape index (κ3) is 2.58. The van der Waals surface area contributed by atoms with Crippen LogP contribution in [0, 0.1) is 0 Å². The molecular formula is C20H22N2O2. The normalized spacial score (nSPS) is 14.0. The topological polar surface area (TPSA) is 63.4 Å². The van der Waals surface area contributed by atoms with Gasteiger partial charge in [-0.25, -0.2) is 4.90 Å². The predicted molar refractivity (Wildman–Crippen MR) is 96.6 cm³/mol. The highest BCUT2D eigenvalue weighted by atomic mass is 16.2. The Morgan fingerprint density at radius 2 is 1.33 bits per heavy atom. The first kappa shape index (κ1) is 16.2. The Kier molecular flexibility index (Phi) is 3.91. The molecule has 1 aliphatic rings. The maximum atomic E-state index is 12.8. The Morgan fingerprint density at radius 3 is 1.88 bits per heavy atom. The fraction of sp³-hybridized carbons (Fsp3) is 0.300. The Balaban J connectivity index is 2.13. The predicted octanol–water partition coefficient (Wildman–Crippen LogP) is 4.32. The minimum atomic E-state index is -0.307. The molecule has 0 spiro atoms. The largest absolute Gasteiger partial charge is 0.399 e. The second kappa shape index (κ2) is 5.78. The standard InChI is InChI=1S/C20H22N2O2/c1-11(2)13-7-14(12(3)4)9-16(8-13)22-19(23)17-6-5-15(21)10-18(17)20(22)24/h5-12H,21H2,1-4H3. The van der Waals surface area contributed by atoms with Crippen molar-refractivity contribution >= 4 is 23.2 Å². The van der Waals surface area contributed by atoms with Gasteiger partial charge in [-0.2, -0.15) is 0 Å². The van der Waals surface area contributed by atoms with Crippen molar-refractivity contribution < 1.29 is 9.59 Å². The van der Waals surface area contributed by atoms with Crippen LogP contribution in [0.15, 0.2) is 36.4 Å². The van der Waals surface area contributed by atoms with Crippen LogP contribution >= 0.6 is 0 Å². The zero-order valence-electron chi connectivity index (χ0n) is 14.5. The van der Waals surface area contributed by atoms with E-state index in [1.807, 2.05) is 12.1 Å². The van der Waals surface area contributed by atoms with Crippen LogP contribution in [0.2, 0.25) is 0 Å². The molecule has 0 fully saturated rings. The summed E-state index contributed by atoms with van der Waals surface area (Å²) in [6.45, 7) is 8.41. The maximum absolute atomic E-state index is 12.8. The third-order valence-electron chi connectivity index (χ3n) is 4.46. The smallest absolute Gasteiger partial charge is 0.266 e. The summed E-state index contributed by atoms with van der Waals surface area (Å²) in [5.41, 5.74) is 9.91. The molecule has 3 rings (SSSR count). The average Bonchev–Trinajstić information content (AvgIpc) is 2.77. The molecule has 0 atom stereocenters. The van der Waals surface area contributed by atoms with Crippen molar-refractivity contribution in [3.63, 3.8) is 0 Å². The van der Waals surface area contributed by atoms with E-state index in [0.717, 1.165) is 11.1 Å². The van der Waals surface area contributed by atoms with Gasteiger partial charge in [0.1, 0.15) is 0 Å². The third-order valence-corrected chi connectivity index (χ3v) is 4.46. The highest BCUT2D eigenvalue weighted by Gasteiger charge is 2.37. The molecule has 0 unspecified atom stereocenters. The van der Waals surface area contributed by atoms with Crippen molar-refractivity contribution in [3.05, 3.63) is 58.7 Å². The van der Waals surface area contributed by atoms with Crippen molar-refractivity contribution in [1.29, 1.82) is 0 Å². The summed E-state index contributed by atoms with van der Waals surface area (Å²) in [5.74, 6) is 0.0325. The first-order valence-electron chi connectivity index (χ1n) is 8.22. The number of carbonyl (C=O) groups excluding carboxylic acids is 2. The van der Waals surface area contributed by atoms with Gasteiger partial charge in [-0.15, -0.1) is 0 Å². The molecular weight excluding hydrogens is 300 g/mol. The fourth-order valence-corrected chi connectivity index (χ4v) is 2.95. The Bertz CT molecular complexity index is 811. The summed E-state index contributed by atoms with van der Waals surface area (Å²) in [4.78, 5) is 26.8. The van der Waals surface area contributed by atoms with Crippen LogP contribution in [0.4, 0.5) is 11.4 Å². The van der Waals surface area contributed by atoms with E-state index in [-0.39, 0.29) is 11.8 Å². The van der Waals surface area contributed by atoms with Crippen LogP contribution in [0.5, 0.6) is 0 Å². The summed E-state index contributed by atoms with van der Waals surface area (Å²) in [5, 5.41) is 0. The van der Waals surface area contributed by atoms with Crippen LogP contribution in [-0.2, 0) is 0 Å². The molecule has 124 valence electrons. The lowest BCUT2D eigenvalue weighted by Crippen LogP contribution is -2.29. The number of hydrogen-bond acceptors (Lipinski definition) is 3. The van der Waals surface area contributed by atoms with Gasteiger partial charge in [0.15, 0.2) is 0 Å². The van der Waals surface area contributed by atoms with Crippen LogP contribution in [-0.4, -0.2) is 11.8 Å². The first-order chi connectivity index (χ1) is 11.3. The lowest BCUT2D eigenvalue weighted by Gasteiger charge is -2.19. The molecule has 2 aromatic rings. The molecule has 0 aromatic heterocycles. The Morgan fingerprint density at radius 1 is 0.792 bits per heavy atom. The molecule has 4 nitrogen and oxygen atoms in total. The summed E-state index contributed by atoms with van der Waals surface area (Å²) in [6.07, 6.45) is 0. The lowest BCUT2D eigenvalue weighted by molar-refractivity contribution is 0.0926. The molecule has 4 heteroatoms. The van der Waals surface area contributed by atoms with Gasteiger partial charge in [-0.05, 0) is 53.3 Å². The fourth-order valence-electron chi connectivity index (χ4n) is 2.95. The number of nitrogens with zero attached hydrogens (tertiary/aromatic N) is 1. The van der Waals surface area contributed by atoms with Gasteiger partial charge in [0, 0.05) is 5.69 Å². The zero-order valence-corrected chi connectivity index (χ0v) is 14.5. The van der Waals surface area contributed by atoms with Crippen molar-refractivity contribution in [3.8, 4) is 0 Å². The number of nitrogen functional groups attached to an aromatic ring is 1. The number of anilines is 2. The summed E-state index contributed by atoms with van der Waals surface area (Å²) < 4.78 is 0. The zero-order chi connectivity index (χ0) is 17.6. The molecule has 1 aliphatic heterocycles. The van der Waals surface area contributed by atoms with E-state index < -0.39 is 0 Å². The number of benzene rings is 2. The van der Waals surface area contributed by atoms with Crippen molar-refractivity contribution in [1.82, 2.24) is 0 Å². The maximum Gasteiger partial charge on any atom is 0.266 e. The molecule has 0 saturated carbocycles. The second-order valence-corrected chi connectivity index (χ2v) is 6.92. The van der Waals surface area contributed by atoms with Crippen molar-refractivity contribution in [2.45, 2.75) is 39.5 Å². The molecule has 1 heterocycles. The van der Waals surface area contributed by atoms with E-state index >= 15 is 0 Å². The molecule has 0 aliphatic carbocycles. The first-order valence-corrected chi connectivity index (χ1v) is 8.22. The quantitative estimate of drug-likeness (QED) is 0.676. The molecule has 0 saturated heterocycles. The summed E-state index contributed by atoms with van der Waals surface area (Å²) in [6, 6.07) is 10.9. The van der Waals surface area contributed by atoms with Crippen LogP contribution in [0.1, 0.15) is 71.4 Å². The highest BCUT2D eigenvalue weighted by Crippen LogP contribution is 2.33. The molecule has 2 aromatic carbocycles. The monoisotopic (exact) mass is 322 g/mol. The van der Waals surface area contributed by atoms with Gasteiger partial charge < -0.3 is 5.73 Å². The highest BCUT2D eigenvalue weighted by molar-refractivity contribution is 6.34. The number of fused-ring (bicyclic) bond motifs is 1. The minimum Gasteiger partial charge on any atom is -0.399 e. The van der Waals surface area contributed by atoms with Crippen LogP contribution in [0.25, 0.3) is 0 Å². The number of carbonyl (C=O) groups is 2. The van der Waals surface area contributed by atoms with Crippen LogP contribution < -0.4 is 10.6 Å². The van der Waals surface area contributed by atoms with Gasteiger partial charge in [-0.1, -0.05) is 33.8 Å². The van der Waals surface area contributed by atoms with Gasteiger partial charge in [0.05, 0.1) is 16.8 Å². The second-order valence-electron chi connectivity index (χ2n) is 6.92. The van der Waals surface area contributed by atoms with Crippen molar-refractivity contribution in [2.24, 2.45) is 0 Å². The molecule has 24 heavy (non-hydrogen) atoms. The van der Waals surface area contributed by atoms with E-state index in [9.17, 15) is 9.59 Å². The molecule has 2 N–H and O–H groups in total. The van der Waals surface area contributed by atoms with Gasteiger partial charge >= 0.3 is 0 Å². The molecule has 0 bridgehead atoms. The number of hydrogen-bond donors (Lipinski definition) is 1. The average molecular weight is 322 g/mol. The van der Waals surface area contributed by atoms with E-state index in [4.69, 9.17) is 5.73 Å². The molecule has 0 radical (unpaired) electrons. The van der Waals surface area contributed by atoms with E-state index in [1.165, 1.54) is 4.90 Å². The molecule has 2 amide bonds. The Labute approximate surface area is 142 Å². The van der Waals surface area contributed by atoms with E-state index in [1.54, 1.807) is 18.2 Å². The van der Waals surface area contributed by atoms with E-state index in [2.05, 4.69) is 33.8 Å². The summed E-state index contributed by atoms with van der Waals surface area (Å²) in [7, 11) is 0. The van der Waals surface area contributed by atoms with Crippen molar-refractivity contribution in [2.75, 3.05) is 10.6 Å². The van der Waals surface area contributed by atoms with Crippen LogP contribution in [0.3, 0.4) is 0 Å². The van der Waals surface area contributed by atoms with Gasteiger partial charge in [0.25, 0.3) is 11.8 Å². The summed E-state index contributed by atoms with van der Waals surface area (Å²) >= 11 is 0. The van der Waals surface area contributed by atoms with Gasteiger partial charge in [-0.3, -0.25) is 9.59 Å². The number of amides is 2. The van der Waals surface area contributed by atoms with E-state index in [0.29, 0.717) is 34.3 Å². The SMILES string of the molecule is CC(C)c1cc(C(C)C)cc(N2C(=O)c3ccc(N)cc3C2=O)c1. The minimum absolute atomic E-state index is 0.286. The number of imide groups is 1.